The summed E-state index contributed by atoms with van der Waals surface area (Å²) in [6.45, 7) is 8.46. The fourth-order valence-corrected chi connectivity index (χ4v) is 4.05. The maximum atomic E-state index is 11.9. The van der Waals surface area contributed by atoms with Gasteiger partial charge in [-0.3, -0.25) is 0 Å². The lowest BCUT2D eigenvalue weighted by atomic mass is 10.1. The molecule has 0 aliphatic carbocycles. The van der Waals surface area contributed by atoms with Crippen molar-refractivity contribution in [3.63, 3.8) is 0 Å². The van der Waals surface area contributed by atoms with E-state index in [1.165, 1.54) is 4.31 Å². The second kappa shape index (κ2) is 10.4. The maximum absolute atomic E-state index is 11.9. The average Bonchev–Trinajstić information content (AvgIpc) is 2.73. The van der Waals surface area contributed by atoms with Gasteiger partial charge in [0.1, 0.15) is 0 Å². The molecule has 0 spiro atoms. The second-order valence-corrected chi connectivity index (χ2v) is 7.97. The third kappa shape index (κ3) is 6.36. The number of ether oxygens (including phenoxy) is 1. The van der Waals surface area contributed by atoms with E-state index in [2.05, 4.69) is 13.5 Å². The van der Waals surface area contributed by atoms with E-state index in [1.54, 1.807) is 11.4 Å². The van der Waals surface area contributed by atoms with Crippen LogP contribution < -0.4 is 0 Å². The van der Waals surface area contributed by atoms with Gasteiger partial charge in [0.25, 0.3) is 10.2 Å². The Labute approximate surface area is 136 Å². The van der Waals surface area contributed by atoms with Crippen molar-refractivity contribution in [2.75, 3.05) is 33.3 Å². The number of unbranched alkanes of at least 4 members (excludes halogenated alkanes) is 2. The first-order valence-electron chi connectivity index (χ1n) is 8.46. The van der Waals surface area contributed by atoms with Crippen molar-refractivity contribution in [2.45, 2.75) is 58.0 Å². The van der Waals surface area contributed by atoms with Crippen LogP contribution in [0.4, 0.5) is 0 Å². The second-order valence-electron chi connectivity index (χ2n) is 5.94. The minimum absolute atomic E-state index is 0.339. The first-order chi connectivity index (χ1) is 10.5. The van der Waals surface area contributed by atoms with Crippen LogP contribution in [0.25, 0.3) is 0 Å². The van der Waals surface area contributed by atoms with Crippen molar-refractivity contribution in [1.82, 2.24) is 8.61 Å². The zero-order chi connectivity index (χ0) is 16.4. The molecule has 130 valence electrons. The molecule has 1 aliphatic heterocycles. The van der Waals surface area contributed by atoms with Crippen LogP contribution in [0.3, 0.4) is 0 Å². The van der Waals surface area contributed by atoms with Crippen LogP contribution in [0, 0.1) is 0 Å². The summed E-state index contributed by atoms with van der Waals surface area (Å²) in [6, 6.07) is 0. The summed E-state index contributed by atoms with van der Waals surface area (Å²) in [4.78, 5) is 0. The number of hydrogen-bond acceptors (Lipinski definition) is 3. The van der Waals surface area contributed by atoms with Gasteiger partial charge in [0.15, 0.2) is 0 Å². The van der Waals surface area contributed by atoms with Crippen molar-refractivity contribution in [2.24, 2.45) is 0 Å². The molecule has 0 N–H and O–H groups in total. The summed E-state index contributed by atoms with van der Waals surface area (Å²) < 4.78 is 32.8. The summed E-state index contributed by atoms with van der Waals surface area (Å²) in [7, 11) is -1.54. The van der Waals surface area contributed by atoms with Gasteiger partial charge in [-0.1, -0.05) is 19.4 Å². The topological polar surface area (TPSA) is 49.9 Å². The average molecular weight is 333 g/mol. The Hall–Kier alpha value is -0.430. The minimum atomic E-state index is -3.18. The summed E-state index contributed by atoms with van der Waals surface area (Å²) in [5.74, 6) is 0. The largest absolute Gasteiger partial charge is 0.378 e. The molecule has 22 heavy (non-hydrogen) atoms. The zero-order valence-corrected chi connectivity index (χ0v) is 15.0. The molecule has 0 aromatic heterocycles. The van der Waals surface area contributed by atoms with Crippen LogP contribution >= 0.6 is 0 Å². The van der Waals surface area contributed by atoms with E-state index in [0.29, 0.717) is 25.7 Å². The molecule has 1 aliphatic rings. The molecule has 1 heterocycles. The van der Waals surface area contributed by atoms with Crippen molar-refractivity contribution in [1.29, 1.82) is 0 Å². The highest BCUT2D eigenvalue weighted by atomic mass is 32.2. The monoisotopic (exact) mass is 332 g/mol. The molecular formula is C16H32N2O3S. The fourth-order valence-electron chi connectivity index (χ4n) is 2.67. The van der Waals surface area contributed by atoms with Crippen molar-refractivity contribution in [3.05, 3.63) is 12.7 Å². The minimum Gasteiger partial charge on any atom is -0.378 e. The SMILES string of the molecule is C=CCCCC(CCC)OCCCCN1CCN(C)S1(=O)=O. The van der Waals surface area contributed by atoms with Crippen LogP contribution in [-0.4, -0.2) is 56.4 Å². The van der Waals surface area contributed by atoms with Gasteiger partial charge in [0.05, 0.1) is 6.10 Å². The predicted molar refractivity (Wildman–Crippen MR) is 91.1 cm³/mol. The van der Waals surface area contributed by atoms with Crippen molar-refractivity contribution >= 4 is 10.2 Å². The predicted octanol–water partition coefficient (Wildman–Crippen LogP) is 2.80. The quantitative estimate of drug-likeness (QED) is 0.408. The van der Waals surface area contributed by atoms with E-state index in [1.807, 2.05) is 6.08 Å². The molecule has 6 heteroatoms. The molecule has 0 aromatic rings. The van der Waals surface area contributed by atoms with Crippen molar-refractivity contribution < 1.29 is 13.2 Å². The molecule has 1 unspecified atom stereocenters. The number of allylic oxidation sites excluding steroid dienone is 1. The van der Waals surface area contributed by atoms with Crippen LogP contribution in [0.15, 0.2) is 12.7 Å². The number of rotatable bonds is 12. The van der Waals surface area contributed by atoms with E-state index >= 15 is 0 Å². The summed E-state index contributed by atoms with van der Waals surface area (Å²) in [5.41, 5.74) is 0. The molecule has 0 saturated carbocycles. The van der Waals surface area contributed by atoms with Crippen molar-refractivity contribution in [3.8, 4) is 0 Å². The summed E-state index contributed by atoms with van der Waals surface area (Å²) in [5, 5.41) is 0. The molecule has 0 aromatic carbocycles. The zero-order valence-electron chi connectivity index (χ0n) is 14.2. The third-order valence-electron chi connectivity index (χ3n) is 4.08. The van der Waals surface area contributed by atoms with Crippen LogP contribution in [-0.2, 0) is 14.9 Å². The highest BCUT2D eigenvalue weighted by Crippen LogP contribution is 2.15. The Balaban J connectivity index is 2.16. The highest BCUT2D eigenvalue weighted by molar-refractivity contribution is 7.87. The smallest absolute Gasteiger partial charge is 0.281 e. The van der Waals surface area contributed by atoms with Gasteiger partial charge in [-0.15, -0.1) is 6.58 Å². The standard InChI is InChI=1S/C16H32N2O3S/c1-4-6-7-11-16(10-5-2)21-15-9-8-12-18-14-13-17(3)22(18,19)20/h4,16H,1,5-15H2,2-3H3. The molecule has 1 fully saturated rings. The van der Waals surface area contributed by atoms with E-state index in [9.17, 15) is 8.42 Å². The number of likely N-dealkylation sites (N-methyl/N-ethyl adjacent to an activating group) is 1. The van der Waals surface area contributed by atoms with Gasteiger partial charge in [-0.05, 0) is 38.5 Å². The van der Waals surface area contributed by atoms with Gasteiger partial charge in [0.2, 0.25) is 0 Å². The number of nitrogens with zero attached hydrogens (tertiary/aromatic N) is 2. The van der Waals surface area contributed by atoms with Crippen LogP contribution in [0.5, 0.6) is 0 Å². The lowest BCUT2D eigenvalue weighted by Gasteiger charge is -2.18. The van der Waals surface area contributed by atoms with Gasteiger partial charge < -0.3 is 4.74 Å². The van der Waals surface area contributed by atoms with Crippen LogP contribution in [0.2, 0.25) is 0 Å². The summed E-state index contributed by atoms with van der Waals surface area (Å²) in [6.07, 6.45) is 9.57. The Morgan fingerprint density at radius 2 is 2.00 bits per heavy atom. The lowest BCUT2D eigenvalue weighted by molar-refractivity contribution is 0.0374. The Kier molecular flexibility index (Phi) is 9.24. The third-order valence-corrected chi connectivity index (χ3v) is 6.07. The van der Waals surface area contributed by atoms with E-state index in [0.717, 1.165) is 51.6 Å². The molecular weight excluding hydrogens is 300 g/mol. The molecule has 0 radical (unpaired) electrons. The highest BCUT2D eigenvalue weighted by Gasteiger charge is 2.32. The van der Waals surface area contributed by atoms with E-state index in [-0.39, 0.29) is 0 Å². The van der Waals surface area contributed by atoms with E-state index < -0.39 is 10.2 Å². The Morgan fingerprint density at radius 1 is 1.23 bits per heavy atom. The Bertz CT molecular complexity index is 412. The lowest BCUT2D eigenvalue weighted by Crippen LogP contribution is -2.31. The van der Waals surface area contributed by atoms with Crippen LogP contribution in [0.1, 0.15) is 51.9 Å². The maximum Gasteiger partial charge on any atom is 0.281 e. The molecule has 1 saturated heterocycles. The first kappa shape index (κ1) is 19.6. The molecule has 0 bridgehead atoms. The van der Waals surface area contributed by atoms with E-state index in [4.69, 9.17) is 4.74 Å². The fraction of sp³-hybridized carbons (Fsp3) is 0.875. The molecule has 1 atom stereocenters. The van der Waals surface area contributed by atoms with Gasteiger partial charge >= 0.3 is 0 Å². The molecule has 5 nitrogen and oxygen atoms in total. The normalized spacial score (nSPS) is 20.3. The van der Waals surface area contributed by atoms with Gasteiger partial charge in [-0.25, -0.2) is 0 Å². The Morgan fingerprint density at radius 3 is 2.59 bits per heavy atom. The molecule has 0 amide bonds. The van der Waals surface area contributed by atoms with Gasteiger partial charge in [0, 0.05) is 33.3 Å². The molecule has 1 rings (SSSR count). The summed E-state index contributed by atoms with van der Waals surface area (Å²) >= 11 is 0. The number of hydrogen-bond donors (Lipinski definition) is 0. The van der Waals surface area contributed by atoms with Gasteiger partial charge in [-0.2, -0.15) is 17.0 Å². The first-order valence-corrected chi connectivity index (χ1v) is 9.86.